The summed E-state index contributed by atoms with van der Waals surface area (Å²) in [7, 11) is 0. The van der Waals surface area contributed by atoms with E-state index in [0.717, 1.165) is 11.1 Å². The van der Waals surface area contributed by atoms with Crippen LogP contribution in [0.2, 0.25) is 0 Å². The number of urea groups is 1. The molecule has 58 heavy (non-hydrogen) atoms. The van der Waals surface area contributed by atoms with Gasteiger partial charge in [0.1, 0.15) is 35.3 Å². The van der Waals surface area contributed by atoms with Gasteiger partial charge in [0, 0.05) is 65.1 Å². The topological polar surface area (TPSA) is 250 Å². The van der Waals surface area contributed by atoms with Crippen molar-refractivity contribution in [2.75, 3.05) is 21.7 Å². The molecule has 6 N–H and O–H groups in total. The monoisotopic (exact) mass is 785 g/mol. The van der Waals surface area contributed by atoms with E-state index in [4.69, 9.17) is 10.3 Å². The largest absolute Gasteiger partial charge is 0.383 e. The Kier molecular flexibility index (Phi) is 9.63. The lowest BCUT2D eigenvalue weighted by atomic mass is 9.93. The molecule has 1 fully saturated rings. The summed E-state index contributed by atoms with van der Waals surface area (Å²) in [5.41, 5.74) is 11.0. The van der Waals surface area contributed by atoms with Crippen LogP contribution in [0, 0.1) is 0 Å². The molecule has 2 aliphatic rings. The van der Waals surface area contributed by atoms with Crippen molar-refractivity contribution in [2.24, 2.45) is 0 Å². The van der Waals surface area contributed by atoms with Crippen molar-refractivity contribution in [2.45, 2.75) is 71.1 Å². The Morgan fingerprint density at radius 1 is 1.00 bits per heavy atom. The predicted octanol–water partition coefficient (Wildman–Crippen LogP) is 4.04. The molecule has 6 aromatic rings. The smallest absolute Gasteiger partial charge is 0.324 e. The highest BCUT2D eigenvalue weighted by Gasteiger charge is 2.40. The Balaban J connectivity index is 0.898. The van der Waals surface area contributed by atoms with E-state index in [2.05, 4.69) is 46.7 Å². The maximum Gasteiger partial charge on any atom is 0.324 e. The Hall–Kier alpha value is -7.44. The highest BCUT2D eigenvalue weighted by Crippen LogP contribution is 2.35. The van der Waals surface area contributed by atoms with Gasteiger partial charge < -0.3 is 30.4 Å². The number of benzene rings is 2. The number of amides is 6. The predicted molar refractivity (Wildman–Crippen MR) is 210 cm³/mol. The summed E-state index contributed by atoms with van der Waals surface area (Å²) in [6.45, 7) is 6.63. The third-order valence-electron chi connectivity index (χ3n) is 9.97. The van der Waals surface area contributed by atoms with E-state index in [1.54, 1.807) is 47.3 Å². The van der Waals surface area contributed by atoms with Gasteiger partial charge in [0.15, 0.2) is 5.82 Å². The summed E-state index contributed by atoms with van der Waals surface area (Å²) in [5.74, 6) is -0.217. The van der Waals surface area contributed by atoms with E-state index in [9.17, 15) is 24.0 Å². The number of aryl methyl sites for hydroxylation is 1. The minimum Gasteiger partial charge on any atom is -0.383 e. The average Bonchev–Trinajstić information content (AvgIpc) is 3.99. The number of nitrogen functional groups attached to an aromatic ring is 1. The second-order valence-corrected chi connectivity index (χ2v) is 15.1. The van der Waals surface area contributed by atoms with Crippen LogP contribution < -0.4 is 27.0 Å². The summed E-state index contributed by atoms with van der Waals surface area (Å²) < 4.78 is 8.80. The number of piperidine rings is 1. The fourth-order valence-corrected chi connectivity index (χ4v) is 7.01. The van der Waals surface area contributed by atoms with Gasteiger partial charge in [-0.1, -0.05) is 49.3 Å². The first kappa shape index (κ1) is 37.5. The zero-order valence-electron chi connectivity index (χ0n) is 31.8. The summed E-state index contributed by atoms with van der Waals surface area (Å²) in [6, 6.07) is 12.8. The SMILES string of the molecule is CC(C)(C)c1cc(NC(=O)Nc2ccc(-c3cn(Cc4cn(CCC(=O)Nc5cccc6c5CN(C5CCC(=O)NC5=O)C6=O)nn4)c4ncnc(N)c34)cc2)no1. The Bertz CT molecular complexity index is 2600. The molecule has 0 radical (unpaired) electrons. The van der Waals surface area contributed by atoms with E-state index >= 15 is 0 Å². The number of hydrogen-bond donors (Lipinski definition) is 5. The van der Waals surface area contributed by atoms with Crippen molar-refractivity contribution < 1.29 is 28.5 Å². The maximum atomic E-state index is 13.2. The number of rotatable bonds is 10. The molecule has 19 heteroatoms. The standard InChI is InChI=1S/C39H39N13O6/c1-39(2,3)29-15-30(48-58-29)45-38(57)43-22-9-7-21(8-10-22)25-18-50(35-33(25)34(40)41-20-42-35)16-23-17-51(49-47-23)14-13-32(54)44-27-6-4-5-24-26(27)19-52(37(24)56)28-11-12-31(53)46-36(28)55/h4-10,15,17-18,20,28H,11-14,16,19H2,1-3H3,(H,44,54)(H2,40,41,42)(H,46,53,55)(H2,43,45,48,57). The number of nitrogens with two attached hydrogens (primary N) is 1. The molecule has 4 aromatic heterocycles. The van der Waals surface area contributed by atoms with Crippen LogP contribution in [0.3, 0.4) is 0 Å². The van der Waals surface area contributed by atoms with Crippen molar-refractivity contribution in [3.8, 4) is 11.1 Å². The van der Waals surface area contributed by atoms with E-state index in [-0.39, 0.29) is 55.5 Å². The van der Waals surface area contributed by atoms with Gasteiger partial charge in [-0.15, -0.1) is 5.10 Å². The molecule has 296 valence electrons. The lowest BCUT2D eigenvalue weighted by molar-refractivity contribution is -0.137. The molecule has 6 heterocycles. The third-order valence-corrected chi connectivity index (χ3v) is 9.97. The van der Waals surface area contributed by atoms with Crippen LogP contribution in [0.4, 0.5) is 27.8 Å². The van der Waals surface area contributed by atoms with Crippen molar-refractivity contribution >= 4 is 63.7 Å². The van der Waals surface area contributed by atoms with Gasteiger partial charge in [0.25, 0.3) is 5.91 Å². The number of carbonyl (C=O) groups is 5. The van der Waals surface area contributed by atoms with E-state index in [1.165, 1.54) is 11.2 Å². The van der Waals surface area contributed by atoms with Gasteiger partial charge in [-0.25, -0.2) is 14.8 Å². The van der Waals surface area contributed by atoms with E-state index < -0.39 is 18.0 Å². The Morgan fingerprint density at radius 3 is 2.57 bits per heavy atom. The summed E-state index contributed by atoms with van der Waals surface area (Å²) in [4.78, 5) is 73.2. The highest BCUT2D eigenvalue weighted by atomic mass is 16.5. The fraction of sp³-hybridized carbons (Fsp3) is 0.282. The van der Waals surface area contributed by atoms with E-state index in [1.807, 2.05) is 43.7 Å². The maximum absolute atomic E-state index is 13.2. The van der Waals surface area contributed by atoms with Crippen LogP contribution >= 0.6 is 0 Å². The molecule has 0 saturated carbocycles. The molecule has 19 nitrogen and oxygen atoms in total. The number of nitrogens with zero attached hydrogens (tertiary/aromatic N) is 8. The summed E-state index contributed by atoms with van der Waals surface area (Å²) in [5, 5.41) is 23.8. The third kappa shape index (κ3) is 7.56. The number of hydrogen-bond acceptors (Lipinski definition) is 12. The van der Waals surface area contributed by atoms with Crippen molar-refractivity contribution in [1.82, 2.24) is 44.9 Å². The molecule has 0 aliphatic carbocycles. The van der Waals surface area contributed by atoms with Gasteiger partial charge in [0.2, 0.25) is 17.7 Å². The molecule has 0 spiro atoms. The first-order valence-corrected chi connectivity index (χ1v) is 18.5. The molecule has 2 aromatic carbocycles. The van der Waals surface area contributed by atoms with Crippen molar-refractivity contribution in [1.29, 1.82) is 0 Å². The van der Waals surface area contributed by atoms with Crippen LogP contribution in [-0.2, 0) is 39.4 Å². The number of aromatic nitrogens is 7. The zero-order chi connectivity index (χ0) is 40.7. The Morgan fingerprint density at radius 2 is 1.81 bits per heavy atom. The molecular weight excluding hydrogens is 747 g/mol. The van der Waals surface area contributed by atoms with Crippen LogP contribution in [0.5, 0.6) is 0 Å². The average molecular weight is 786 g/mol. The minimum absolute atomic E-state index is 0.0719. The molecule has 1 atom stereocenters. The van der Waals surface area contributed by atoms with Crippen molar-refractivity contribution in [3.63, 3.8) is 0 Å². The van der Waals surface area contributed by atoms with Crippen molar-refractivity contribution in [3.05, 3.63) is 89.8 Å². The van der Waals surface area contributed by atoms with E-state index in [0.29, 0.717) is 63.2 Å². The zero-order valence-corrected chi connectivity index (χ0v) is 31.8. The van der Waals surface area contributed by atoms with Gasteiger partial charge in [-0.3, -0.25) is 34.5 Å². The number of imide groups is 1. The number of carbonyl (C=O) groups excluding carboxylic acids is 5. The van der Waals surface area contributed by atoms with Gasteiger partial charge in [-0.05, 0) is 36.2 Å². The number of anilines is 4. The molecular formula is C39H39N13O6. The lowest BCUT2D eigenvalue weighted by Crippen LogP contribution is -2.52. The van der Waals surface area contributed by atoms with Crippen LogP contribution in [0.15, 0.2) is 71.8 Å². The lowest BCUT2D eigenvalue weighted by Gasteiger charge is -2.29. The molecule has 0 bridgehead atoms. The number of fused-ring (bicyclic) bond motifs is 2. The Labute approximate surface area is 330 Å². The summed E-state index contributed by atoms with van der Waals surface area (Å²) in [6.07, 6.45) is 5.51. The van der Waals surface area contributed by atoms with Gasteiger partial charge in [-0.2, -0.15) is 0 Å². The van der Waals surface area contributed by atoms with Gasteiger partial charge >= 0.3 is 6.03 Å². The normalized spacial score (nSPS) is 15.4. The van der Waals surface area contributed by atoms with Gasteiger partial charge in [0.05, 0.1) is 24.7 Å². The van der Waals surface area contributed by atoms with Crippen LogP contribution in [0.1, 0.15) is 67.4 Å². The molecule has 8 rings (SSSR count). The highest BCUT2D eigenvalue weighted by molar-refractivity contribution is 6.07. The quantitative estimate of drug-likeness (QED) is 0.124. The minimum atomic E-state index is -0.756. The first-order valence-electron chi connectivity index (χ1n) is 18.5. The first-order chi connectivity index (χ1) is 27.8. The van der Waals surface area contributed by atoms with Crippen LogP contribution in [0.25, 0.3) is 22.2 Å². The second kappa shape index (κ2) is 14.9. The second-order valence-electron chi connectivity index (χ2n) is 15.1. The molecule has 1 unspecified atom stereocenters. The van der Waals surface area contributed by atoms with Crippen LogP contribution in [-0.4, -0.2) is 75.3 Å². The fourth-order valence-electron chi connectivity index (χ4n) is 7.01. The molecule has 6 amide bonds. The molecule has 1 saturated heterocycles. The molecule has 2 aliphatic heterocycles. The number of nitrogens with one attached hydrogen (secondary N) is 4. The summed E-state index contributed by atoms with van der Waals surface area (Å²) >= 11 is 0.